The molecule has 0 radical (unpaired) electrons. The number of hydrogen-bond donors (Lipinski definition) is 1. The number of fused-ring (bicyclic) bond motifs is 1. The van der Waals surface area contributed by atoms with Gasteiger partial charge >= 0.3 is 6.03 Å². The molecule has 1 aromatic rings. The van der Waals surface area contributed by atoms with Crippen LogP contribution in [-0.2, 0) is 17.6 Å². The van der Waals surface area contributed by atoms with Crippen molar-refractivity contribution in [3.05, 3.63) is 29.3 Å². The van der Waals surface area contributed by atoms with Crippen molar-refractivity contribution in [2.75, 3.05) is 32.9 Å². The van der Waals surface area contributed by atoms with Gasteiger partial charge in [0.2, 0.25) is 0 Å². The number of carbonyl (C=O) groups excluding carboxylic acids is 1. The number of urea groups is 1. The van der Waals surface area contributed by atoms with Gasteiger partial charge in [0.15, 0.2) is 0 Å². The molecule has 23 heavy (non-hydrogen) atoms. The zero-order valence-electron chi connectivity index (χ0n) is 13.4. The van der Waals surface area contributed by atoms with E-state index in [0.717, 1.165) is 25.2 Å². The Morgan fingerprint density at radius 1 is 1.30 bits per heavy atom. The molecule has 2 aliphatic heterocycles. The molecule has 5 nitrogen and oxygen atoms in total. The average molecular weight is 316 g/mol. The van der Waals surface area contributed by atoms with Gasteiger partial charge in [-0.2, -0.15) is 0 Å². The fraction of sp³-hybridized carbons (Fsp3) is 0.611. The number of amides is 2. The van der Waals surface area contributed by atoms with E-state index in [4.69, 9.17) is 9.47 Å². The molecule has 0 spiro atoms. The van der Waals surface area contributed by atoms with E-state index in [9.17, 15) is 4.79 Å². The number of hydrogen-bond acceptors (Lipinski definition) is 3. The first-order valence-corrected chi connectivity index (χ1v) is 8.68. The summed E-state index contributed by atoms with van der Waals surface area (Å²) in [7, 11) is 0. The quantitative estimate of drug-likeness (QED) is 0.924. The average Bonchev–Trinajstić information content (AvgIpc) is 3.32. The molecule has 0 aromatic heterocycles. The number of benzene rings is 1. The molecule has 2 heterocycles. The van der Waals surface area contributed by atoms with Gasteiger partial charge in [0.05, 0.1) is 25.9 Å². The Morgan fingerprint density at radius 2 is 2.22 bits per heavy atom. The summed E-state index contributed by atoms with van der Waals surface area (Å²) in [4.78, 5) is 14.4. The molecule has 1 saturated carbocycles. The predicted octanol–water partition coefficient (Wildman–Crippen LogP) is 1.98. The van der Waals surface area contributed by atoms with Crippen LogP contribution in [0.2, 0.25) is 0 Å². The zero-order valence-corrected chi connectivity index (χ0v) is 13.4. The Bertz CT molecular complexity index is 586. The highest BCUT2D eigenvalue weighted by atomic mass is 16.5. The minimum Gasteiger partial charge on any atom is -0.493 e. The maximum absolute atomic E-state index is 12.5. The number of rotatable bonds is 4. The summed E-state index contributed by atoms with van der Waals surface area (Å²) in [6.07, 6.45) is 4.31. The van der Waals surface area contributed by atoms with Crippen molar-refractivity contribution >= 4 is 6.03 Å². The van der Waals surface area contributed by atoms with Crippen molar-refractivity contribution in [2.24, 2.45) is 5.92 Å². The molecular weight excluding hydrogens is 292 g/mol. The first-order valence-electron chi connectivity index (χ1n) is 8.68. The SMILES string of the molecule is O=C(NCCc1ccc2c(c1)CCO2)N1CCOC[C@H]1C1CC1. The molecule has 0 bridgehead atoms. The summed E-state index contributed by atoms with van der Waals surface area (Å²) in [6, 6.07) is 6.69. The molecule has 2 amide bonds. The van der Waals surface area contributed by atoms with Crippen LogP contribution in [-0.4, -0.2) is 49.9 Å². The summed E-state index contributed by atoms with van der Waals surface area (Å²) in [6.45, 7) is 3.52. The highest BCUT2D eigenvalue weighted by molar-refractivity contribution is 5.74. The van der Waals surface area contributed by atoms with Crippen LogP contribution in [0, 0.1) is 5.92 Å². The fourth-order valence-corrected chi connectivity index (χ4v) is 3.56. The van der Waals surface area contributed by atoms with E-state index >= 15 is 0 Å². The molecule has 0 unspecified atom stereocenters. The van der Waals surface area contributed by atoms with Crippen LogP contribution in [0.15, 0.2) is 18.2 Å². The van der Waals surface area contributed by atoms with Gasteiger partial charge in [0, 0.05) is 19.5 Å². The Balaban J connectivity index is 1.29. The highest BCUT2D eigenvalue weighted by Crippen LogP contribution is 2.36. The normalized spacial score (nSPS) is 23.3. The van der Waals surface area contributed by atoms with Crippen LogP contribution >= 0.6 is 0 Å². The molecular formula is C18H24N2O3. The lowest BCUT2D eigenvalue weighted by Gasteiger charge is -2.35. The van der Waals surface area contributed by atoms with Gasteiger partial charge in [-0.3, -0.25) is 0 Å². The minimum absolute atomic E-state index is 0.0645. The summed E-state index contributed by atoms with van der Waals surface area (Å²) in [5.41, 5.74) is 2.55. The number of carbonyl (C=O) groups is 1. The summed E-state index contributed by atoms with van der Waals surface area (Å²) < 4.78 is 11.1. The van der Waals surface area contributed by atoms with Crippen LogP contribution in [0.25, 0.3) is 0 Å². The number of ether oxygens (including phenoxy) is 2. The zero-order chi connectivity index (χ0) is 15.6. The van der Waals surface area contributed by atoms with E-state index < -0.39 is 0 Å². The Morgan fingerprint density at radius 3 is 3.09 bits per heavy atom. The molecule has 5 heteroatoms. The molecule has 2 fully saturated rings. The molecule has 1 N–H and O–H groups in total. The van der Waals surface area contributed by atoms with Gasteiger partial charge in [-0.25, -0.2) is 4.79 Å². The third-order valence-electron chi connectivity index (χ3n) is 5.04. The van der Waals surface area contributed by atoms with E-state index in [1.54, 1.807) is 0 Å². The second-order valence-corrected chi connectivity index (χ2v) is 6.70. The number of nitrogens with zero attached hydrogens (tertiary/aromatic N) is 1. The van der Waals surface area contributed by atoms with E-state index in [2.05, 4.69) is 17.4 Å². The van der Waals surface area contributed by atoms with Gasteiger partial charge in [0.1, 0.15) is 5.75 Å². The lowest BCUT2D eigenvalue weighted by atomic mass is 10.1. The van der Waals surface area contributed by atoms with Gasteiger partial charge in [-0.15, -0.1) is 0 Å². The molecule has 1 atom stereocenters. The monoisotopic (exact) mass is 316 g/mol. The Kier molecular flexibility index (Phi) is 4.12. The lowest BCUT2D eigenvalue weighted by Crippen LogP contribution is -2.53. The summed E-state index contributed by atoms with van der Waals surface area (Å²) in [5.74, 6) is 1.66. The molecule has 4 rings (SSSR count). The van der Waals surface area contributed by atoms with Crippen LogP contribution in [0.4, 0.5) is 4.79 Å². The largest absolute Gasteiger partial charge is 0.493 e. The Hall–Kier alpha value is -1.75. The Labute approximate surface area is 136 Å². The smallest absolute Gasteiger partial charge is 0.317 e. The topological polar surface area (TPSA) is 50.8 Å². The predicted molar refractivity (Wildman–Crippen MR) is 86.8 cm³/mol. The van der Waals surface area contributed by atoms with E-state index in [0.29, 0.717) is 32.2 Å². The molecule has 1 saturated heterocycles. The van der Waals surface area contributed by atoms with Gasteiger partial charge in [-0.1, -0.05) is 12.1 Å². The number of nitrogens with one attached hydrogen (secondary N) is 1. The molecule has 1 aliphatic carbocycles. The molecule has 1 aromatic carbocycles. The lowest BCUT2D eigenvalue weighted by molar-refractivity contribution is 0.00477. The van der Waals surface area contributed by atoms with E-state index in [1.807, 2.05) is 11.0 Å². The van der Waals surface area contributed by atoms with Crippen LogP contribution in [0.5, 0.6) is 5.75 Å². The first-order chi connectivity index (χ1) is 11.3. The highest BCUT2D eigenvalue weighted by Gasteiger charge is 2.39. The van der Waals surface area contributed by atoms with Crippen molar-refractivity contribution in [2.45, 2.75) is 31.7 Å². The van der Waals surface area contributed by atoms with Crippen molar-refractivity contribution in [3.63, 3.8) is 0 Å². The van der Waals surface area contributed by atoms with Crippen molar-refractivity contribution < 1.29 is 14.3 Å². The third-order valence-corrected chi connectivity index (χ3v) is 5.04. The maximum Gasteiger partial charge on any atom is 0.317 e. The standard InChI is InChI=1S/C18H24N2O3/c21-18(20-8-10-22-12-16(20)14-2-3-14)19-7-5-13-1-4-17-15(11-13)6-9-23-17/h1,4,11,14,16H,2-3,5-10,12H2,(H,19,21)/t16-/m0/s1. The van der Waals surface area contributed by atoms with Gasteiger partial charge in [-0.05, 0) is 42.4 Å². The number of morpholine rings is 1. The van der Waals surface area contributed by atoms with Gasteiger partial charge < -0.3 is 19.7 Å². The van der Waals surface area contributed by atoms with Crippen molar-refractivity contribution in [1.29, 1.82) is 0 Å². The van der Waals surface area contributed by atoms with E-state index in [-0.39, 0.29) is 12.1 Å². The second kappa shape index (κ2) is 6.40. The van der Waals surface area contributed by atoms with Crippen LogP contribution in [0.3, 0.4) is 0 Å². The molecule has 3 aliphatic rings. The second-order valence-electron chi connectivity index (χ2n) is 6.70. The van der Waals surface area contributed by atoms with E-state index in [1.165, 1.54) is 24.0 Å². The fourth-order valence-electron chi connectivity index (χ4n) is 3.56. The van der Waals surface area contributed by atoms with Crippen molar-refractivity contribution in [1.82, 2.24) is 10.2 Å². The third kappa shape index (κ3) is 3.29. The summed E-state index contributed by atoms with van der Waals surface area (Å²) >= 11 is 0. The van der Waals surface area contributed by atoms with Crippen LogP contribution in [0.1, 0.15) is 24.0 Å². The van der Waals surface area contributed by atoms with Crippen LogP contribution < -0.4 is 10.1 Å². The minimum atomic E-state index is 0.0645. The van der Waals surface area contributed by atoms with Gasteiger partial charge in [0.25, 0.3) is 0 Å². The molecule has 124 valence electrons. The maximum atomic E-state index is 12.5. The van der Waals surface area contributed by atoms with Crippen molar-refractivity contribution in [3.8, 4) is 5.75 Å². The first kappa shape index (κ1) is 14.8. The summed E-state index contributed by atoms with van der Waals surface area (Å²) in [5, 5.41) is 3.08.